The lowest BCUT2D eigenvalue weighted by Gasteiger charge is -2.28. The first kappa shape index (κ1) is 31.8. The Labute approximate surface area is 228 Å². The number of aryl methyl sites for hydroxylation is 2. The van der Waals surface area contributed by atoms with Crippen LogP contribution < -0.4 is 5.32 Å². The molecule has 0 amide bonds. The Morgan fingerprint density at radius 2 is 1.65 bits per heavy atom. The van der Waals surface area contributed by atoms with Crippen LogP contribution in [0.1, 0.15) is 75.1 Å². The molecule has 1 heterocycles. The van der Waals surface area contributed by atoms with Crippen molar-refractivity contribution in [1.29, 1.82) is 0 Å². The lowest BCUT2D eigenvalue weighted by molar-refractivity contribution is 0.402. The van der Waals surface area contributed by atoms with E-state index in [0.29, 0.717) is 0 Å². The molecule has 1 atom stereocenters. The van der Waals surface area contributed by atoms with Crippen molar-refractivity contribution >= 4 is 5.70 Å². The molecule has 0 saturated carbocycles. The Bertz CT molecular complexity index is 1010. The van der Waals surface area contributed by atoms with Gasteiger partial charge in [0.25, 0.3) is 0 Å². The molecule has 0 aliphatic carbocycles. The van der Waals surface area contributed by atoms with Crippen molar-refractivity contribution in [3.63, 3.8) is 0 Å². The molecule has 3 rings (SSSR count). The smallest absolute Gasteiger partial charge is 0.0559 e. The van der Waals surface area contributed by atoms with Crippen molar-refractivity contribution in [2.45, 2.75) is 72.1 Å². The highest BCUT2D eigenvalue weighted by Crippen LogP contribution is 2.33. The van der Waals surface area contributed by atoms with E-state index in [1.807, 2.05) is 6.07 Å². The first-order valence-electron chi connectivity index (χ1n) is 13.7. The maximum Gasteiger partial charge on any atom is 0.0559 e. The number of nitrogens with one attached hydrogen (secondary N) is 1. The van der Waals surface area contributed by atoms with Gasteiger partial charge in [-0.3, -0.25) is 0 Å². The van der Waals surface area contributed by atoms with Crippen molar-refractivity contribution in [3.8, 4) is 12.3 Å². The van der Waals surface area contributed by atoms with Crippen LogP contribution in [0.2, 0.25) is 0 Å². The first-order valence-corrected chi connectivity index (χ1v) is 13.7. The Morgan fingerprint density at radius 1 is 1.03 bits per heavy atom. The van der Waals surface area contributed by atoms with Crippen LogP contribution in [0.5, 0.6) is 0 Å². The van der Waals surface area contributed by atoms with Crippen molar-refractivity contribution in [2.75, 3.05) is 19.6 Å². The van der Waals surface area contributed by atoms with Gasteiger partial charge in [-0.2, -0.15) is 0 Å². The van der Waals surface area contributed by atoms with Crippen LogP contribution in [0.3, 0.4) is 0 Å². The van der Waals surface area contributed by atoms with Gasteiger partial charge in [0.1, 0.15) is 0 Å². The molecule has 1 unspecified atom stereocenters. The molecule has 2 nitrogen and oxygen atoms in total. The van der Waals surface area contributed by atoms with Gasteiger partial charge in [0.15, 0.2) is 0 Å². The van der Waals surface area contributed by atoms with Crippen molar-refractivity contribution < 1.29 is 0 Å². The molecule has 2 aromatic carbocycles. The lowest BCUT2D eigenvalue weighted by atomic mass is 9.74. The predicted molar refractivity (Wildman–Crippen MR) is 165 cm³/mol. The minimum absolute atomic E-state index is 0.0369. The molecular weight excluding hydrogens is 448 g/mol. The number of likely N-dealkylation sites (tertiary alicyclic amines) is 1. The fraction of sp³-hybridized carbons (Fsp3) is 0.429. The zero-order valence-corrected chi connectivity index (χ0v) is 24.2. The molecule has 200 valence electrons. The highest BCUT2D eigenvalue weighted by molar-refractivity contribution is 5.63. The molecule has 1 fully saturated rings. The van der Waals surface area contributed by atoms with Gasteiger partial charge in [-0.25, -0.2) is 0 Å². The highest BCUT2D eigenvalue weighted by atomic mass is 15.2. The van der Waals surface area contributed by atoms with Crippen LogP contribution in [0.25, 0.3) is 5.70 Å². The molecule has 2 aromatic rings. The fourth-order valence-corrected chi connectivity index (χ4v) is 4.83. The third-order valence-electron chi connectivity index (χ3n) is 7.19. The molecule has 0 aromatic heterocycles. The second kappa shape index (κ2) is 16.5. The Kier molecular flexibility index (Phi) is 14.2. The minimum atomic E-state index is -0.0369. The number of hydrogen-bond donors (Lipinski definition) is 1. The van der Waals surface area contributed by atoms with E-state index < -0.39 is 0 Å². The molecule has 1 aliphatic rings. The summed E-state index contributed by atoms with van der Waals surface area (Å²) in [6.45, 7) is 28.3. The zero-order valence-electron chi connectivity index (χ0n) is 24.2. The molecule has 0 bridgehead atoms. The average molecular weight is 499 g/mol. The van der Waals surface area contributed by atoms with Crippen LogP contribution >= 0.6 is 0 Å². The van der Waals surface area contributed by atoms with Gasteiger partial charge in [-0.15, -0.1) is 19.6 Å². The van der Waals surface area contributed by atoms with E-state index in [1.54, 1.807) is 0 Å². The molecule has 1 aliphatic heterocycles. The predicted octanol–water partition coefficient (Wildman–Crippen LogP) is 8.68. The second-order valence-corrected chi connectivity index (χ2v) is 10.1. The summed E-state index contributed by atoms with van der Waals surface area (Å²) in [5, 5.41) is 3.40. The molecule has 2 heteroatoms. The molecule has 0 radical (unpaired) electrons. The van der Waals surface area contributed by atoms with Crippen LogP contribution in [0.15, 0.2) is 80.5 Å². The van der Waals surface area contributed by atoms with Crippen LogP contribution in [-0.4, -0.2) is 24.5 Å². The summed E-state index contributed by atoms with van der Waals surface area (Å²) >= 11 is 0. The Morgan fingerprint density at radius 3 is 2.14 bits per heavy atom. The largest absolute Gasteiger partial charge is 0.379 e. The van der Waals surface area contributed by atoms with Crippen LogP contribution in [0, 0.1) is 32.1 Å². The summed E-state index contributed by atoms with van der Waals surface area (Å²) in [5.41, 5.74) is 7.19. The first-order chi connectivity index (χ1) is 17.8. The number of hydrogen-bond acceptors (Lipinski definition) is 2. The van der Waals surface area contributed by atoms with Gasteiger partial charge in [0, 0.05) is 24.5 Å². The zero-order chi connectivity index (χ0) is 27.8. The number of benzene rings is 2. The van der Waals surface area contributed by atoms with Gasteiger partial charge < -0.3 is 10.2 Å². The lowest BCUT2D eigenvalue weighted by Crippen LogP contribution is -2.27. The molecule has 0 spiro atoms. The quantitative estimate of drug-likeness (QED) is 0.260. The second-order valence-electron chi connectivity index (χ2n) is 10.1. The van der Waals surface area contributed by atoms with Crippen molar-refractivity contribution in [2.24, 2.45) is 5.92 Å². The molecule has 1 N–H and O–H groups in total. The van der Waals surface area contributed by atoms with E-state index in [0.717, 1.165) is 62.5 Å². The normalized spacial score (nSPS) is 14.4. The average Bonchev–Trinajstić information content (AvgIpc) is 3.37. The third-order valence-corrected chi connectivity index (χ3v) is 7.19. The maximum atomic E-state index is 5.76. The van der Waals surface area contributed by atoms with E-state index in [4.69, 9.17) is 6.42 Å². The van der Waals surface area contributed by atoms with Gasteiger partial charge in [-0.1, -0.05) is 95.2 Å². The Balaban J connectivity index is 0.000000360. The summed E-state index contributed by atoms with van der Waals surface area (Å²) in [4.78, 5) is 2.38. The van der Waals surface area contributed by atoms with E-state index in [9.17, 15) is 0 Å². The molecular formula is C35H50N2. The fourth-order valence-electron chi connectivity index (χ4n) is 4.83. The van der Waals surface area contributed by atoms with Crippen molar-refractivity contribution in [3.05, 3.63) is 103 Å². The molecule has 37 heavy (non-hydrogen) atoms. The summed E-state index contributed by atoms with van der Waals surface area (Å²) in [6.07, 6.45) is 11.5. The van der Waals surface area contributed by atoms with Crippen molar-refractivity contribution in [1.82, 2.24) is 10.2 Å². The van der Waals surface area contributed by atoms with Gasteiger partial charge in [-0.05, 0) is 67.3 Å². The van der Waals surface area contributed by atoms with Gasteiger partial charge in [0.2, 0.25) is 0 Å². The summed E-state index contributed by atoms with van der Waals surface area (Å²) in [5.74, 6) is 3.82. The van der Waals surface area contributed by atoms with E-state index in [1.165, 1.54) is 28.8 Å². The minimum Gasteiger partial charge on any atom is -0.379 e. The summed E-state index contributed by atoms with van der Waals surface area (Å²) in [7, 11) is 0. The summed E-state index contributed by atoms with van der Waals surface area (Å²) in [6, 6.07) is 17.0. The SMILES string of the molecule is C#CC(CCC)(CCC)c1ccccc1.C=C.C=C(NCC(=C)N1CCC(C)C1)c1ccc(C)c(C)c1. The standard InChI is InChI=1S/C18H26N2.C15H20.C2H4/c1-13-8-9-20(12-13)16(4)11-19-17(5)18-7-6-14(2)15(3)10-18;1-4-12-15(6-3,13-5-2)14-10-8-7-9-11-14;1-2/h6-7,10,13,19H,4-5,8-9,11-12H2,1-3H3;3,7-11H,4-5,12-13H2,1-2H3;1-2H2. The van der Waals surface area contributed by atoms with Gasteiger partial charge >= 0.3 is 0 Å². The highest BCUT2D eigenvalue weighted by Gasteiger charge is 2.27. The van der Waals surface area contributed by atoms with E-state index in [2.05, 4.69) is 120 Å². The topological polar surface area (TPSA) is 15.3 Å². The Hall–Kier alpha value is -3.18. The van der Waals surface area contributed by atoms with Gasteiger partial charge in [0.05, 0.1) is 12.0 Å². The monoisotopic (exact) mass is 498 g/mol. The third kappa shape index (κ3) is 9.66. The number of rotatable bonds is 10. The number of terminal acetylenes is 1. The molecule has 1 saturated heterocycles. The van der Waals surface area contributed by atoms with E-state index in [-0.39, 0.29) is 5.41 Å². The van der Waals surface area contributed by atoms with Crippen LogP contribution in [-0.2, 0) is 5.41 Å². The number of nitrogens with zero attached hydrogens (tertiary/aromatic N) is 1. The van der Waals surface area contributed by atoms with E-state index >= 15 is 0 Å². The maximum absolute atomic E-state index is 5.76. The van der Waals surface area contributed by atoms with Crippen LogP contribution in [0.4, 0.5) is 0 Å². The summed E-state index contributed by atoms with van der Waals surface area (Å²) < 4.78 is 0.